The molecule has 0 aromatic carbocycles. The van der Waals surface area contributed by atoms with Crippen LogP contribution in [0.3, 0.4) is 0 Å². The van der Waals surface area contributed by atoms with Crippen molar-refractivity contribution >= 4 is 14.3 Å². The van der Waals surface area contributed by atoms with Gasteiger partial charge in [-0.3, -0.25) is 4.39 Å². The second-order valence-electron chi connectivity index (χ2n) is 7.30. The molecular formula is C16H29FO3Si. The predicted octanol–water partition coefficient (Wildman–Crippen LogP) is 4.25. The minimum absolute atomic E-state index is 0.0795. The molecule has 1 aliphatic carbocycles. The molecule has 0 aromatic rings. The molecule has 0 aromatic heterocycles. The molecule has 0 spiro atoms. The Morgan fingerprint density at radius 3 is 2.52 bits per heavy atom. The van der Waals surface area contributed by atoms with Crippen LogP contribution in [0.2, 0.25) is 18.1 Å². The Kier molecular flexibility index (Phi) is 6.17. The van der Waals surface area contributed by atoms with Crippen LogP contribution >= 0.6 is 0 Å². The first-order chi connectivity index (χ1) is 9.62. The highest BCUT2D eigenvalue weighted by Gasteiger charge is 2.40. The maximum atomic E-state index is 12.8. The Labute approximate surface area is 129 Å². The zero-order valence-electron chi connectivity index (χ0n) is 14.2. The number of esters is 1. The first-order valence-corrected chi connectivity index (χ1v) is 10.6. The number of methoxy groups -OCH3 is 1. The quantitative estimate of drug-likeness (QED) is 0.562. The molecule has 0 saturated heterocycles. The first-order valence-electron chi connectivity index (χ1n) is 7.64. The average molecular weight is 316 g/mol. The summed E-state index contributed by atoms with van der Waals surface area (Å²) in [6.07, 6.45) is 3.74. The van der Waals surface area contributed by atoms with Gasteiger partial charge in [-0.2, -0.15) is 0 Å². The number of carbonyl (C=O) groups is 1. The Morgan fingerprint density at radius 2 is 2.05 bits per heavy atom. The van der Waals surface area contributed by atoms with Crippen LogP contribution in [0, 0.1) is 5.92 Å². The van der Waals surface area contributed by atoms with Gasteiger partial charge >= 0.3 is 5.97 Å². The van der Waals surface area contributed by atoms with Crippen molar-refractivity contribution in [3.63, 3.8) is 0 Å². The van der Waals surface area contributed by atoms with Gasteiger partial charge in [0.25, 0.3) is 0 Å². The van der Waals surface area contributed by atoms with E-state index in [-0.39, 0.29) is 23.0 Å². The molecule has 0 amide bonds. The molecule has 21 heavy (non-hydrogen) atoms. The number of ether oxygens (including phenoxy) is 1. The Balaban J connectivity index is 2.82. The van der Waals surface area contributed by atoms with Crippen LogP contribution in [-0.2, 0) is 14.0 Å². The third-order valence-corrected chi connectivity index (χ3v) is 9.27. The summed E-state index contributed by atoms with van der Waals surface area (Å²) in [5, 5.41) is 0.148. The van der Waals surface area contributed by atoms with E-state index in [1.54, 1.807) is 0 Å². The number of hydrogen-bond donors (Lipinski definition) is 0. The van der Waals surface area contributed by atoms with Crippen LogP contribution < -0.4 is 0 Å². The number of carbonyl (C=O) groups excluding carboxylic acids is 1. The molecule has 0 aliphatic heterocycles. The molecule has 0 radical (unpaired) electrons. The maximum absolute atomic E-state index is 12.8. The fourth-order valence-corrected chi connectivity index (χ4v) is 3.81. The summed E-state index contributed by atoms with van der Waals surface area (Å²) in [5.74, 6) is -0.426. The van der Waals surface area contributed by atoms with E-state index in [1.165, 1.54) is 7.11 Å². The third kappa shape index (κ3) is 4.64. The van der Waals surface area contributed by atoms with Gasteiger partial charge in [-0.1, -0.05) is 26.8 Å². The van der Waals surface area contributed by atoms with Crippen molar-refractivity contribution in [2.24, 2.45) is 5.92 Å². The minimum atomic E-state index is -1.84. The Bertz CT molecular complexity index is 399. The molecule has 0 N–H and O–H groups in total. The number of rotatable bonds is 5. The van der Waals surface area contributed by atoms with Gasteiger partial charge in [0.15, 0.2) is 8.32 Å². The highest BCUT2D eigenvalue weighted by molar-refractivity contribution is 6.74. The van der Waals surface area contributed by atoms with Crippen molar-refractivity contribution in [1.29, 1.82) is 0 Å². The minimum Gasteiger partial charge on any atom is -0.466 e. The van der Waals surface area contributed by atoms with Gasteiger partial charge in [-0.25, -0.2) is 4.79 Å². The fraction of sp³-hybridized carbons (Fsp3) is 0.812. The molecular weight excluding hydrogens is 287 g/mol. The predicted molar refractivity (Wildman–Crippen MR) is 85.5 cm³/mol. The highest BCUT2D eigenvalue weighted by Crippen LogP contribution is 2.40. The van der Waals surface area contributed by atoms with Crippen molar-refractivity contribution in [3.05, 3.63) is 11.6 Å². The van der Waals surface area contributed by atoms with Gasteiger partial charge in [-0.15, -0.1) is 0 Å². The van der Waals surface area contributed by atoms with Crippen molar-refractivity contribution in [2.45, 2.75) is 64.3 Å². The largest absolute Gasteiger partial charge is 0.466 e. The third-order valence-electron chi connectivity index (χ3n) is 4.73. The second-order valence-corrected chi connectivity index (χ2v) is 12.1. The van der Waals surface area contributed by atoms with Gasteiger partial charge in [0.1, 0.15) is 0 Å². The fourth-order valence-electron chi connectivity index (χ4n) is 2.43. The van der Waals surface area contributed by atoms with E-state index in [4.69, 9.17) is 9.16 Å². The normalized spacial score (nSPS) is 23.7. The molecule has 0 heterocycles. The van der Waals surface area contributed by atoms with Gasteiger partial charge in [-0.05, 0) is 43.3 Å². The molecule has 0 bridgehead atoms. The lowest BCUT2D eigenvalue weighted by Crippen LogP contribution is -2.45. The molecule has 1 rings (SSSR count). The summed E-state index contributed by atoms with van der Waals surface area (Å²) < 4.78 is 24.0. The van der Waals surface area contributed by atoms with Crippen molar-refractivity contribution in [1.82, 2.24) is 0 Å². The lowest BCUT2D eigenvalue weighted by atomic mass is 9.84. The monoisotopic (exact) mass is 316 g/mol. The molecule has 0 unspecified atom stereocenters. The van der Waals surface area contributed by atoms with E-state index >= 15 is 0 Å². The Morgan fingerprint density at radius 1 is 1.43 bits per heavy atom. The van der Waals surface area contributed by atoms with Crippen LogP contribution in [0.25, 0.3) is 0 Å². The van der Waals surface area contributed by atoms with Crippen LogP contribution in [0.4, 0.5) is 4.39 Å². The van der Waals surface area contributed by atoms with E-state index in [1.807, 2.05) is 6.08 Å². The summed E-state index contributed by atoms with van der Waals surface area (Å²) in [6.45, 7) is 10.6. The first kappa shape index (κ1) is 18.4. The summed E-state index contributed by atoms with van der Waals surface area (Å²) in [7, 11) is -0.473. The second kappa shape index (κ2) is 7.05. The van der Waals surface area contributed by atoms with Gasteiger partial charge < -0.3 is 9.16 Å². The van der Waals surface area contributed by atoms with E-state index in [0.29, 0.717) is 24.8 Å². The summed E-state index contributed by atoms with van der Waals surface area (Å²) >= 11 is 0. The zero-order chi connectivity index (χ0) is 16.3. The van der Waals surface area contributed by atoms with Gasteiger partial charge in [0, 0.05) is 11.7 Å². The Hall–Kier alpha value is -0.683. The molecule has 5 heteroatoms. The lowest BCUT2D eigenvalue weighted by Gasteiger charge is -2.41. The maximum Gasteiger partial charge on any atom is 0.333 e. The van der Waals surface area contributed by atoms with Crippen molar-refractivity contribution in [2.75, 3.05) is 13.8 Å². The van der Waals surface area contributed by atoms with Gasteiger partial charge in [0.2, 0.25) is 0 Å². The topological polar surface area (TPSA) is 35.5 Å². The lowest BCUT2D eigenvalue weighted by molar-refractivity contribution is -0.137. The standard InChI is InChI=1S/C16H29FO3Si/c1-16(2,3)21(5,6)20-13-7-8-14(15(18)19-4)12(11-13)9-10-17/h8,12-13H,7,9-11H2,1-6H3/t12-,13+/m0/s1. The molecule has 122 valence electrons. The molecule has 3 nitrogen and oxygen atoms in total. The van der Waals surface area contributed by atoms with Crippen molar-refractivity contribution < 1.29 is 18.3 Å². The SMILES string of the molecule is COC(=O)C1=CC[C@@H](O[Si](C)(C)C(C)(C)C)C[C@@H]1CCF. The van der Waals surface area contributed by atoms with Crippen LogP contribution in [0.5, 0.6) is 0 Å². The molecule has 0 fully saturated rings. The van der Waals surface area contributed by atoms with Gasteiger partial charge in [0.05, 0.1) is 13.8 Å². The zero-order valence-corrected chi connectivity index (χ0v) is 15.2. The van der Waals surface area contributed by atoms with E-state index < -0.39 is 15.0 Å². The highest BCUT2D eigenvalue weighted by atomic mass is 28.4. The number of alkyl halides is 1. The summed E-state index contributed by atoms with van der Waals surface area (Å²) in [6, 6.07) is 0. The molecule has 1 aliphatic rings. The van der Waals surface area contributed by atoms with E-state index in [9.17, 15) is 9.18 Å². The van der Waals surface area contributed by atoms with E-state index in [2.05, 4.69) is 33.9 Å². The van der Waals surface area contributed by atoms with Crippen LogP contribution in [-0.4, -0.2) is 34.2 Å². The summed E-state index contributed by atoms with van der Waals surface area (Å²) in [5.41, 5.74) is 0.616. The summed E-state index contributed by atoms with van der Waals surface area (Å²) in [4.78, 5) is 11.8. The average Bonchev–Trinajstić information content (AvgIpc) is 2.37. The molecule has 2 atom stereocenters. The van der Waals surface area contributed by atoms with Crippen LogP contribution in [0.1, 0.15) is 40.0 Å². The number of hydrogen-bond acceptors (Lipinski definition) is 3. The van der Waals surface area contributed by atoms with Crippen LogP contribution in [0.15, 0.2) is 11.6 Å². The van der Waals surface area contributed by atoms with Crippen molar-refractivity contribution in [3.8, 4) is 0 Å². The molecule has 0 saturated carbocycles. The van der Waals surface area contributed by atoms with E-state index in [0.717, 1.165) is 0 Å². The smallest absolute Gasteiger partial charge is 0.333 e. The number of halogens is 1.